The smallest absolute Gasteiger partial charge is 0.335 e. The molecule has 2 atom stereocenters. The minimum atomic E-state index is -1.09. The largest absolute Gasteiger partial charge is 0.494 e. The average Bonchev–Trinajstić information content (AvgIpc) is 3.53. The Morgan fingerprint density at radius 2 is 1.85 bits per heavy atom. The molecule has 0 saturated heterocycles. The summed E-state index contributed by atoms with van der Waals surface area (Å²) in [5.41, 5.74) is 1.79. The third-order valence-electron chi connectivity index (χ3n) is 8.90. The van der Waals surface area contributed by atoms with Gasteiger partial charge < -0.3 is 24.2 Å². The minimum absolute atomic E-state index is 0.0281. The van der Waals surface area contributed by atoms with Crippen LogP contribution in [-0.2, 0) is 16.9 Å². The van der Waals surface area contributed by atoms with Crippen LogP contribution in [-0.4, -0.2) is 39.5 Å². The van der Waals surface area contributed by atoms with E-state index in [4.69, 9.17) is 42.2 Å². The van der Waals surface area contributed by atoms with Gasteiger partial charge in [0.15, 0.2) is 0 Å². The van der Waals surface area contributed by atoms with E-state index in [1.54, 1.807) is 24.3 Å². The molecule has 0 radical (unpaired) electrons. The number of aromatic carboxylic acids is 1. The van der Waals surface area contributed by atoms with Gasteiger partial charge in [0.25, 0.3) is 0 Å². The van der Waals surface area contributed by atoms with Crippen LogP contribution in [0, 0.1) is 11.8 Å². The maximum Gasteiger partial charge on any atom is 0.335 e. The lowest BCUT2D eigenvalue weighted by Crippen LogP contribution is -2.44. The fourth-order valence-corrected chi connectivity index (χ4v) is 8.53. The molecule has 0 amide bonds. The molecule has 11 heteroatoms. The Balaban J connectivity index is 1.14. The average molecular weight is 616 g/mol. The molecule has 2 unspecified atom stereocenters. The number of aliphatic hydroxyl groups is 1. The summed E-state index contributed by atoms with van der Waals surface area (Å²) in [7, 11) is 1.50. The van der Waals surface area contributed by atoms with Crippen molar-refractivity contribution in [2.75, 3.05) is 7.11 Å². The van der Waals surface area contributed by atoms with Gasteiger partial charge in [-0.3, -0.25) is 0 Å². The van der Waals surface area contributed by atoms with Crippen LogP contribution in [0.15, 0.2) is 34.9 Å². The lowest BCUT2D eigenvalue weighted by atomic mass is 9.73. The molecule has 214 valence electrons. The Bertz CT molecular complexity index is 1630. The molecule has 0 aliphatic heterocycles. The SMILES string of the molecule is COc1cc(C(=O)O)cc2sc(C3(O)C4CCC3CC(OCc3c(-c5c(Cl)cccc5Cl)noc3C3CC3)C4)nc12. The Morgan fingerprint density at radius 1 is 1.15 bits per heavy atom. The second-order valence-corrected chi connectivity index (χ2v) is 13.1. The van der Waals surface area contributed by atoms with E-state index >= 15 is 0 Å². The second kappa shape index (κ2) is 10.2. The van der Waals surface area contributed by atoms with Crippen LogP contribution < -0.4 is 4.74 Å². The molecule has 2 aromatic carbocycles. The molecule has 8 nitrogen and oxygen atoms in total. The predicted molar refractivity (Wildman–Crippen MR) is 155 cm³/mol. The summed E-state index contributed by atoms with van der Waals surface area (Å²) in [6.45, 7) is 0.324. The van der Waals surface area contributed by atoms with Crippen molar-refractivity contribution < 1.29 is 29.0 Å². The van der Waals surface area contributed by atoms with Crippen LogP contribution in [0.5, 0.6) is 5.75 Å². The van der Waals surface area contributed by atoms with E-state index in [2.05, 4.69) is 5.16 Å². The molecular weight excluding hydrogens is 587 g/mol. The van der Waals surface area contributed by atoms with Crippen molar-refractivity contribution in [1.82, 2.24) is 10.1 Å². The normalized spacial score (nSPS) is 25.6. The van der Waals surface area contributed by atoms with E-state index < -0.39 is 11.6 Å². The number of hydrogen-bond donors (Lipinski definition) is 2. The van der Waals surface area contributed by atoms with Crippen molar-refractivity contribution in [1.29, 1.82) is 0 Å². The summed E-state index contributed by atoms with van der Waals surface area (Å²) in [5, 5.41) is 27.6. The highest BCUT2D eigenvalue weighted by Crippen LogP contribution is 2.57. The van der Waals surface area contributed by atoms with Gasteiger partial charge in [0.2, 0.25) is 0 Å². The van der Waals surface area contributed by atoms with Crippen molar-refractivity contribution in [2.45, 2.75) is 62.8 Å². The molecule has 3 fully saturated rings. The number of benzene rings is 2. The Hall–Kier alpha value is -2.69. The molecule has 41 heavy (non-hydrogen) atoms. The van der Waals surface area contributed by atoms with Gasteiger partial charge >= 0.3 is 5.97 Å². The van der Waals surface area contributed by atoms with Crippen molar-refractivity contribution in [3.63, 3.8) is 0 Å². The number of aromatic nitrogens is 2. The zero-order valence-electron chi connectivity index (χ0n) is 22.2. The number of nitrogens with zero attached hydrogens (tertiary/aromatic N) is 2. The third kappa shape index (κ3) is 4.53. The maximum atomic E-state index is 12.1. The fourth-order valence-electron chi connectivity index (χ4n) is 6.69. The standard InChI is InChI=1S/C30H28Cl2N2O6S/c1-38-22-9-15(28(35)36)10-23-26(22)33-29(41-23)30(37)16-7-8-17(30)12-18(11-16)39-13-19-25(34-40-27(19)14-5-6-14)24-20(31)3-2-4-21(24)32/h2-4,9-10,14,16-18,37H,5-8,11-13H2,1H3,(H,35,36). The highest BCUT2D eigenvalue weighted by molar-refractivity contribution is 7.18. The number of carboxylic acids is 1. The minimum Gasteiger partial charge on any atom is -0.494 e. The van der Waals surface area contributed by atoms with Crippen molar-refractivity contribution in [2.24, 2.45) is 11.8 Å². The van der Waals surface area contributed by atoms with Crippen LogP contribution in [0.3, 0.4) is 0 Å². The molecule has 7 rings (SSSR count). The topological polar surface area (TPSA) is 115 Å². The Labute approximate surface area is 250 Å². The molecule has 2 bridgehead atoms. The number of carboxylic acid groups (broad SMARTS) is 1. The fraction of sp³-hybridized carbons (Fsp3) is 0.433. The molecule has 3 saturated carbocycles. The lowest BCUT2D eigenvalue weighted by Gasteiger charge is -2.41. The zero-order valence-corrected chi connectivity index (χ0v) is 24.6. The molecule has 2 heterocycles. The van der Waals surface area contributed by atoms with Crippen LogP contribution in [0.2, 0.25) is 10.0 Å². The van der Waals surface area contributed by atoms with Crippen molar-refractivity contribution in [3.8, 4) is 17.0 Å². The number of hydrogen-bond acceptors (Lipinski definition) is 8. The number of fused-ring (bicyclic) bond motifs is 3. The van der Waals surface area contributed by atoms with Gasteiger partial charge in [-0.15, -0.1) is 11.3 Å². The number of ether oxygens (including phenoxy) is 2. The van der Waals surface area contributed by atoms with Crippen molar-refractivity contribution >= 4 is 50.7 Å². The highest BCUT2D eigenvalue weighted by atomic mass is 35.5. The van der Waals surface area contributed by atoms with Crippen LogP contribution in [0.4, 0.5) is 0 Å². The van der Waals surface area contributed by atoms with E-state index in [0.29, 0.717) is 67.6 Å². The van der Waals surface area contributed by atoms with E-state index in [9.17, 15) is 15.0 Å². The first-order chi connectivity index (χ1) is 19.8. The predicted octanol–water partition coefficient (Wildman–Crippen LogP) is 7.44. The van der Waals surface area contributed by atoms with Crippen molar-refractivity contribution in [3.05, 3.63) is 62.3 Å². The monoisotopic (exact) mass is 614 g/mol. The zero-order chi connectivity index (χ0) is 28.5. The van der Waals surface area contributed by atoms with Gasteiger partial charge in [0.05, 0.1) is 40.1 Å². The number of carbonyl (C=O) groups is 1. The van der Waals surface area contributed by atoms with Gasteiger partial charge in [0.1, 0.15) is 33.3 Å². The van der Waals surface area contributed by atoms with Crippen LogP contribution >= 0.6 is 34.5 Å². The van der Waals surface area contributed by atoms with E-state index in [1.165, 1.54) is 24.5 Å². The van der Waals surface area contributed by atoms with E-state index in [-0.39, 0.29) is 23.5 Å². The quantitative estimate of drug-likeness (QED) is 0.210. The summed E-state index contributed by atoms with van der Waals surface area (Å²) in [6.07, 6.45) is 5.18. The highest BCUT2D eigenvalue weighted by Gasteiger charge is 2.56. The van der Waals surface area contributed by atoms with Gasteiger partial charge in [-0.1, -0.05) is 34.4 Å². The molecule has 3 aliphatic carbocycles. The first-order valence-corrected chi connectivity index (χ1v) is 15.3. The number of halogens is 2. The van der Waals surface area contributed by atoms with E-state index in [0.717, 1.165) is 37.0 Å². The van der Waals surface area contributed by atoms with Gasteiger partial charge in [-0.05, 0) is 74.6 Å². The molecule has 2 aromatic heterocycles. The third-order valence-corrected chi connectivity index (χ3v) is 10.7. The molecule has 0 spiro atoms. The molecular formula is C30H28Cl2N2O6S. The van der Waals surface area contributed by atoms with E-state index in [1.807, 2.05) is 0 Å². The van der Waals surface area contributed by atoms with Gasteiger partial charge in [-0.25, -0.2) is 9.78 Å². The number of methoxy groups -OCH3 is 1. The summed E-state index contributed by atoms with van der Waals surface area (Å²) in [5.74, 6) is 0.482. The van der Waals surface area contributed by atoms with Crippen LogP contribution in [0.25, 0.3) is 21.5 Å². The summed E-state index contributed by atoms with van der Waals surface area (Å²) in [4.78, 5) is 16.4. The summed E-state index contributed by atoms with van der Waals surface area (Å²) < 4.78 is 18.5. The first-order valence-electron chi connectivity index (χ1n) is 13.8. The molecule has 4 aromatic rings. The Morgan fingerprint density at radius 3 is 2.49 bits per heavy atom. The molecule has 2 N–H and O–H groups in total. The summed E-state index contributed by atoms with van der Waals surface area (Å²) in [6, 6.07) is 8.46. The lowest BCUT2D eigenvalue weighted by molar-refractivity contribution is -0.116. The van der Waals surface area contributed by atoms with Crippen LogP contribution in [0.1, 0.15) is 71.1 Å². The molecule has 3 aliphatic rings. The number of rotatable bonds is 8. The first kappa shape index (κ1) is 27.2. The Kier molecular flexibility index (Phi) is 6.78. The van der Waals surface area contributed by atoms with Gasteiger partial charge in [0, 0.05) is 17.0 Å². The number of thiazole rings is 1. The van der Waals surface area contributed by atoms with Gasteiger partial charge in [-0.2, -0.15) is 0 Å². The summed E-state index contributed by atoms with van der Waals surface area (Å²) >= 11 is 14.4. The second-order valence-electron chi connectivity index (χ2n) is 11.3. The maximum absolute atomic E-state index is 12.1.